The number of hydrazone groups is 1. The van der Waals surface area contributed by atoms with E-state index in [4.69, 9.17) is 0 Å². The number of nitrogens with zero attached hydrogens (tertiary/aromatic N) is 2. The first-order chi connectivity index (χ1) is 13.8. The van der Waals surface area contributed by atoms with Crippen LogP contribution in [0.1, 0.15) is 36.2 Å². The summed E-state index contributed by atoms with van der Waals surface area (Å²) in [5.41, 5.74) is 2.60. The summed E-state index contributed by atoms with van der Waals surface area (Å²) in [4.78, 5) is 35.2. The molecule has 2 atom stereocenters. The molecule has 0 saturated carbocycles. The van der Waals surface area contributed by atoms with Gasteiger partial charge in [0, 0.05) is 23.3 Å². The van der Waals surface area contributed by atoms with E-state index in [-0.39, 0.29) is 28.8 Å². The molecule has 0 aliphatic heterocycles. The molecule has 0 aliphatic rings. The van der Waals surface area contributed by atoms with Gasteiger partial charge in [-0.2, -0.15) is 5.10 Å². The van der Waals surface area contributed by atoms with Crippen LogP contribution in [-0.2, 0) is 4.79 Å². The Bertz CT molecular complexity index is 914. The lowest BCUT2D eigenvalue weighted by Gasteiger charge is -2.22. The van der Waals surface area contributed by atoms with E-state index in [0.717, 1.165) is 18.3 Å². The van der Waals surface area contributed by atoms with E-state index in [1.165, 1.54) is 6.07 Å². The Morgan fingerprint density at radius 3 is 2.55 bits per heavy atom. The van der Waals surface area contributed by atoms with Crippen molar-refractivity contribution in [3.63, 3.8) is 0 Å². The Balaban J connectivity index is 2.10. The van der Waals surface area contributed by atoms with Gasteiger partial charge in [0.25, 0.3) is 17.5 Å². The fraction of sp³-hybridized carbons (Fsp3) is 0.250. The molecule has 0 saturated heterocycles. The number of amides is 2. The summed E-state index contributed by atoms with van der Waals surface area (Å²) >= 11 is 0. The number of carbonyl (C=O) groups excluding carboxylic acids is 2. The minimum absolute atomic E-state index is 0.0768. The number of phenols is 1. The standard InChI is InChI=1S/C20H22N4O5/c1-3-13(2)18(22-19(26)14-7-5-4-6-8-14)20(27)23-21-12-15-11-16(24(28)29)9-10-17(15)25/h4-13,18,25H,3H2,1-2H3,(H,22,26)(H,23,27)/b21-12+/t13?,18-/m1/s1. The zero-order chi connectivity index (χ0) is 21.4. The summed E-state index contributed by atoms with van der Waals surface area (Å²) in [5, 5.41) is 27.1. The van der Waals surface area contributed by atoms with Crippen LogP contribution in [0.4, 0.5) is 5.69 Å². The highest BCUT2D eigenvalue weighted by atomic mass is 16.6. The number of nitrogens with one attached hydrogen (secondary N) is 2. The summed E-state index contributed by atoms with van der Waals surface area (Å²) in [7, 11) is 0. The number of hydrogen-bond acceptors (Lipinski definition) is 6. The van der Waals surface area contributed by atoms with E-state index in [0.29, 0.717) is 12.0 Å². The Labute approximate surface area is 167 Å². The summed E-state index contributed by atoms with van der Waals surface area (Å²) < 4.78 is 0. The van der Waals surface area contributed by atoms with Crippen LogP contribution in [0.25, 0.3) is 0 Å². The van der Waals surface area contributed by atoms with Crippen LogP contribution in [0, 0.1) is 16.0 Å². The quantitative estimate of drug-likeness (QED) is 0.357. The van der Waals surface area contributed by atoms with Crippen molar-refractivity contribution in [1.82, 2.24) is 10.7 Å². The number of rotatable bonds is 8. The molecule has 9 nitrogen and oxygen atoms in total. The third-order valence-corrected chi connectivity index (χ3v) is 4.42. The molecule has 3 N–H and O–H groups in total. The number of hydrogen-bond donors (Lipinski definition) is 3. The van der Waals surface area contributed by atoms with Gasteiger partial charge in [0.2, 0.25) is 0 Å². The molecule has 2 aromatic carbocycles. The third kappa shape index (κ3) is 5.86. The van der Waals surface area contributed by atoms with Crippen LogP contribution >= 0.6 is 0 Å². The van der Waals surface area contributed by atoms with Crippen molar-refractivity contribution in [3.8, 4) is 5.75 Å². The highest BCUT2D eigenvalue weighted by molar-refractivity contribution is 5.97. The molecule has 2 rings (SSSR count). The second kappa shape index (κ2) is 9.98. The lowest BCUT2D eigenvalue weighted by Crippen LogP contribution is -2.49. The van der Waals surface area contributed by atoms with E-state index in [1.54, 1.807) is 30.3 Å². The van der Waals surface area contributed by atoms with Gasteiger partial charge < -0.3 is 10.4 Å². The number of nitro groups is 1. The maximum Gasteiger partial charge on any atom is 0.270 e. The van der Waals surface area contributed by atoms with Crippen molar-refractivity contribution < 1.29 is 19.6 Å². The molecule has 0 aliphatic carbocycles. The zero-order valence-electron chi connectivity index (χ0n) is 16.0. The minimum Gasteiger partial charge on any atom is -0.507 e. The van der Waals surface area contributed by atoms with Crippen LogP contribution < -0.4 is 10.7 Å². The SMILES string of the molecule is CCC(C)[C@@H](NC(=O)c1ccccc1)C(=O)N/N=C/c1cc([N+](=O)[O-])ccc1O. The Hall–Kier alpha value is -3.75. The average molecular weight is 398 g/mol. The fourth-order valence-corrected chi connectivity index (χ4v) is 2.51. The Morgan fingerprint density at radius 1 is 1.24 bits per heavy atom. The fourth-order valence-electron chi connectivity index (χ4n) is 2.51. The minimum atomic E-state index is -0.830. The molecule has 0 spiro atoms. The Kier molecular flexibility index (Phi) is 7.41. The summed E-state index contributed by atoms with van der Waals surface area (Å²) in [5.74, 6) is -1.30. The highest BCUT2D eigenvalue weighted by Gasteiger charge is 2.26. The van der Waals surface area contributed by atoms with Crippen molar-refractivity contribution in [2.45, 2.75) is 26.3 Å². The van der Waals surface area contributed by atoms with Gasteiger partial charge in [-0.3, -0.25) is 19.7 Å². The van der Waals surface area contributed by atoms with Gasteiger partial charge in [-0.25, -0.2) is 5.43 Å². The molecular formula is C20H22N4O5. The van der Waals surface area contributed by atoms with Crippen molar-refractivity contribution in [2.75, 3.05) is 0 Å². The molecule has 0 radical (unpaired) electrons. The maximum atomic E-state index is 12.6. The normalized spacial score (nSPS) is 12.9. The van der Waals surface area contributed by atoms with Crippen LogP contribution in [0.3, 0.4) is 0 Å². The van der Waals surface area contributed by atoms with Crippen molar-refractivity contribution in [2.24, 2.45) is 11.0 Å². The molecule has 1 unspecified atom stereocenters. The van der Waals surface area contributed by atoms with Crippen molar-refractivity contribution >= 4 is 23.7 Å². The Morgan fingerprint density at radius 2 is 1.93 bits per heavy atom. The van der Waals surface area contributed by atoms with Gasteiger partial charge in [-0.1, -0.05) is 38.5 Å². The van der Waals surface area contributed by atoms with Gasteiger partial charge >= 0.3 is 0 Å². The second-order valence-corrected chi connectivity index (χ2v) is 6.44. The topological polar surface area (TPSA) is 134 Å². The molecule has 0 bridgehead atoms. The first-order valence-corrected chi connectivity index (χ1v) is 8.99. The summed E-state index contributed by atoms with van der Waals surface area (Å²) in [6, 6.07) is 11.2. The van der Waals surface area contributed by atoms with Crippen molar-refractivity contribution in [3.05, 3.63) is 69.8 Å². The lowest BCUT2D eigenvalue weighted by atomic mass is 9.98. The molecular weight excluding hydrogens is 376 g/mol. The predicted octanol–water partition coefficient (Wildman–Crippen LogP) is 2.60. The van der Waals surface area contributed by atoms with Crippen LogP contribution in [0.15, 0.2) is 53.6 Å². The zero-order valence-corrected chi connectivity index (χ0v) is 16.0. The molecule has 9 heteroatoms. The summed E-state index contributed by atoms with van der Waals surface area (Å²) in [6.45, 7) is 3.72. The number of aromatic hydroxyl groups is 1. The number of benzene rings is 2. The molecule has 0 fully saturated rings. The number of carbonyl (C=O) groups is 2. The smallest absolute Gasteiger partial charge is 0.270 e. The number of non-ortho nitro benzene ring substituents is 1. The molecule has 152 valence electrons. The highest BCUT2D eigenvalue weighted by Crippen LogP contribution is 2.21. The number of phenolic OH excluding ortho intramolecular Hbond substituents is 1. The summed E-state index contributed by atoms with van der Waals surface area (Å²) in [6.07, 6.45) is 1.75. The van der Waals surface area contributed by atoms with E-state index in [2.05, 4.69) is 15.8 Å². The molecule has 2 aromatic rings. The van der Waals surface area contributed by atoms with Crippen molar-refractivity contribution in [1.29, 1.82) is 0 Å². The molecule has 29 heavy (non-hydrogen) atoms. The van der Waals surface area contributed by atoms with E-state index >= 15 is 0 Å². The number of nitro benzene ring substituents is 1. The van der Waals surface area contributed by atoms with Crippen LogP contribution in [-0.4, -0.2) is 34.1 Å². The maximum absolute atomic E-state index is 12.6. The second-order valence-electron chi connectivity index (χ2n) is 6.44. The first-order valence-electron chi connectivity index (χ1n) is 8.99. The van der Waals surface area contributed by atoms with E-state index in [1.807, 2.05) is 13.8 Å². The largest absolute Gasteiger partial charge is 0.507 e. The van der Waals surface area contributed by atoms with Gasteiger partial charge in [0.05, 0.1) is 11.1 Å². The molecule has 2 amide bonds. The van der Waals surface area contributed by atoms with Crippen LogP contribution in [0.2, 0.25) is 0 Å². The molecule has 0 aromatic heterocycles. The molecule has 0 heterocycles. The monoisotopic (exact) mass is 398 g/mol. The van der Waals surface area contributed by atoms with Gasteiger partial charge in [-0.05, 0) is 24.1 Å². The average Bonchev–Trinajstić information content (AvgIpc) is 2.72. The van der Waals surface area contributed by atoms with E-state index in [9.17, 15) is 24.8 Å². The van der Waals surface area contributed by atoms with Crippen LogP contribution in [0.5, 0.6) is 5.75 Å². The van der Waals surface area contributed by atoms with Gasteiger partial charge in [-0.15, -0.1) is 0 Å². The third-order valence-electron chi connectivity index (χ3n) is 4.42. The predicted molar refractivity (Wildman–Crippen MR) is 108 cm³/mol. The first kappa shape index (κ1) is 21.5. The van der Waals surface area contributed by atoms with E-state index < -0.39 is 16.9 Å². The van der Waals surface area contributed by atoms with Gasteiger partial charge in [0.15, 0.2) is 0 Å². The van der Waals surface area contributed by atoms with Gasteiger partial charge in [0.1, 0.15) is 11.8 Å². The lowest BCUT2D eigenvalue weighted by molar-refractivity contribution is -0.384.